The van der Waals surface area contributed by atoms with Gasteiger partial charge in [-0.15, -0.1) is 0 Å². The molecular weight excluding hydrogens is 444 g/mol. The summed E-state index contributed by atoms with van der Waals surface area (Å²) >= 11 is 5.93. The number of amides is 1. The number of rotatable bonds is 6. The lowest BCUT2D eigenvalue weighted by Crippen LogP contribution is -2.38. The second-order valence-electron chi connectivity index (χ2n) is 6.15. The Hall–Kier alpha value is -2.39. The van der Waals surface area contributed by atoms with Crippen LogP contribution in [0.3, 0.4) is 0 Å². The van der Waals surface area contributed by atoms with Crippen molar-refractivity contribution in [2.75, 3.05) is 6.61 Å². The normalized spacial score (nSPS) is 14.1. The molecule has 3 rings (SSSR count). The Labute approximate surface area is 179 Å². The van der Waals surface area contributed by atoms with Crippen molar-refractivity contribution >= 4 is 41.9 Å². The number of carbonyl (C=O) groups is 1. The van der Waals surface area contributed by atoms with Crippen LogP contribution in [0, 0.1) is 11.3 Å². The number of ether oxygens (including phenoxy) is 1. The minimum atomic E-state index is -4.42. The summed E-state index contributed by atoms with van der Waals surface area (Å²) in [6.45, 7) is -0.0205. The van der Waals surface area contributed by atoms with E-state index in [1.54, 1.807) is 12.1 Å². The average molecular weight is 457 g/mol. The van der Waals surface area contributed by atoms with Crippen LogP contribution < -0.4 is 15.5 Å². The monoisotopic (exact) mass is 456 g/mol. The van der Waals surface area contributed by atoms with Crippen molar-refractivity contribution in [3.05, 3.63) is 52.5 Å². The van der Waals surface area contributed by atoms with E-state index < -0.39 is 24.6 Å². The summed E-state index contributed by atoms with van der Waals surface area (Å²) < 4.78 is 47.7. The van der Waals surface area contributed by atoms with Crippen LogP contribution in [0.15, 0.2) is 41.3 Å². The van der Waals surface area contributed by atoms with E-state index in [9.17, 15) is 28.3 Å². The lowest BCUT2D eigenvalue weighted by atomic mass is 9.79. The Morgan fingerprint density at radius 2 is 2.07 bits per heavy atom. The highest BCUT2D eigenvalue weighted by atomic mass is 35.5. The van der Waals surface area contributed by atoms with Gasteiger partial charge in [0.1, 0.15) is 12.4 Å². The van der Waals surface area contributed by atoms with Crippen molar-refractivity contribution in [1.82, 2.24) is 5.32 Å². The summed E-state index contributed by atoms with van der Waals surface area (Å²) in [5.41, 5.74) is -3.22. The number of fused-ring (bicyclic) bond motifs is 1. The van der Waals surface area contributed by atoms with Gasteiger partial charge in [0.15, 0.2) is 6.04 Å². The number of halogens is 4. The second-order valence-corrected chi connectivity index (χ2v) is 7.67. The SMILES string of the molecule is N#CC(COc1ccc2c(c1Cl)B(O)OC2)NC(=O)c1ccc(SC(F)(F)F)cc1. The molecule has 0 aromatic heterocycles. The van der Waals surface area contributed by atoms with Crippen molar-refractivity contribution in [2.45, 2.75) is 23.1 Å². The topological polar surface area (TPSA) is 91.6 Å². The van der Waals surface area contributed by atoms with Crippen LogP contribution >= 0.6 is 23.4 Å². The molecule has 2 aromatic carbocycles. The summed E-state index contributed by atoms with van der Waals surface area (Å²) in [4.78, 5) is 12.2. The van der Waals surface area contributed by atoms with E-state index in [0.717, 1.165) is 5.56 Å². The third-order valence-electron chi connectivity index (χ3n) is 4.10. The number of hydrogen-bond donors (Lipinski definition) is 2. The van der Waals surface area contributed by atoms with Gasteiger partial charge in [0.25, 0.3) is 5.91 Å². The Morgan fingerprint density at radius 1 is 1.37 bits per heavy atom. The quantitative estimate of drug-likeness (QED) is 0.513. The predicted octanol–water partition coefficient (Wildman–Crippen LogP) is 2.87. The first kappa shape index (κ1) is 22.3. The number of nitrogens with one attached hydrogen (secondary N) is 1. The first-order chi connectivity index (χ1) is 14.2. The summed E-state index contributed by atoms with van der Waals surface area (Å²) in [5.74, 6) is -0.430. The predicted molar refractivity (Wildman–Crippen MR) is 105 cm³/mol. The molecule has 12 heteroatoms. The molecule has 1 amide bonds. The maximum absolute atomic E-state index is 12.4. The van der Waals surface area contributed by atoms with Crippen molar-refractivity contribution in [2.24, 2.45) is 0 Å². The molecule has 1 aliphatic rings. The highest BCUT2D eigenvalue weighted by Crippen LogP contribution is 2.36. The number of thioether (sulfide) groups is 1. The third-order valence-corrected chi connectivity index (χ3v) is 5.22. The van der Waals surface area contributed by atoms with Gasteiger partial charge in [-0.25, -0.2) is 0 Å². The first-order valence-corrected chi connectivity index (χ1v) is 9.67. The van der Waals surface area contributed by atoms with Crippen LogP contribution in [0.1, 0.15) is 15.9 Å². The van der Waals surface area contributed by atoms with E-state index in [2.05, 4.69) is 5.32 Å². The summed E-state index contributed by atoms with van der Waals surface area (Å²) in [6.07, 6.45) is 0. The number of nitrogens with zero attached hydrogens (tertiary/aromatic N) is 1. The average Bonchev–Trinajstić information content (AvgIpc) is 3.07. The molecule has 6 nitrogen and oxygen atoms in total. The van der Waals surface area contributed by atoms with E-state index in [1.165, 1.54) is 24.3 Å². The lowest BCUT2D eigenvalue weighted by Gasteiger charge is -2.15. The Kier molecular flexibility index (Phi) is 6.82. The standard InChI is InChI=1S/C18H13BClF3N2O4S/c20-16-14(6-3-11-8-29-19(27)15(11)16)28-9-12(7-24)25-17(26)10-1-4-13(5-2-10)30-18(21,22)23/h1-6,12,27H,8-9H2,(H,25,26). The van der Waals surface area contributed by atoms with E-state index in [4.69, 9.17) is 21.0 Å². The zero-order chi connectivity index (χ0) is 21.9. The molecule has 0 bridgehead atoms. The van der Waals surface area contributed by atoms with E-state index in [0.29, 0.717) is 5.46 Å². The van der Waals surface area contributed by atoms with Gasteiger partial charge in [0.2, 0.25) is 0 Å². The number of nitriles is 1. The Bertz CT molecular complexity index is 985. The molecule has 0 saturated carbocycles. The molecule has 1 unspecified atom stereocenters. The van der Waals surface area contributed by atoms with Crippen LogP contribution in [0.2, 0.25) is 5.02 Å². The van der Waals surface area contributed by atoms with Gasteiger partial charge < -0.3 is 19.7 Å². The first-order valence-electron chi connectivity index (χ1n) is 8.48. The highest BCUT2D eigenvalue weighted by molar-refractivity contribution is 8.00. The maximum atomic E-state index is 12.4. The van der Waals surface area contributed by atoms with E-state index in [-0.39, 0.29) is 46.2 Å². The molecule has 1 heterocycles. The smallest absolute Gasteiger partial charge is 0.489 e. The van der Waals surface area contributed by atoms with Crippen LogP contribution in [0.25, 0.3) is 0 Å². The van der Waals surface area contributed by atoms with Crippen molar-refractivity contribution in [3.8, 4) is 11.8 Å². The largest absolute Gasteiger partial charge is 0.493 e. The summed E-state index contributed by atoms with van der Waals surface area (Å²) in [7, 11) is -1.17. The van der Waals surface area contributed by atoms with Gasteiger partial charge in [-0.2, -0.15) is 18.4 Å². The summed E-state index contributed by atoms with van der Waals surface area (Å²) in [6, 6.07) is 8.87. The van der Waals surface area contributed by atoms with Gasteiger partial charge in [-0.3, -0.25) is 4.79 Å². The molecule has 0 saturated heterocycles. The van der Waals surface area contributed by atoms with Crippen LogP contribution in [-0.2, 0) is 11.3 Å². The van der Waals surface area contributed by atoms with Crippen LogP contribution in [-0.4, -0.2) is 36.2 Å². The van der Waals surface area contributed by atoms with Crippen molar-refractivity contribution in [1.29, 1.82) is 5.26 Å². The number of alkyl halides is 3. The summed E-state index contributed by atoms with van der Waals surface area (Å²) in [5, 5.41) is 21.7. The molecule has 1 atom stereocenters. The third kappa shape index (κ3) is 5.40. The molecule has 0 spiro atoms. The zero-order valence-corrected chi connectivity index (χ0v) is 16.6. The molecule has 0 radical (unpaired) electrons. The molecule has 2 N–H and O–H groups in total. The Morgan fingerprint density at radius 3 is 2.70 bits per heavy atom. The number of carbonyl (C=O) groups excluding carboxylic acids is 1. The fraction of sp³-hybridized carbons (Fsp3) is 0.222. The van der Waals surface area contributed by atoms with E-state index >= 15 is 0 Å². The minimum Gasteiger partial charge on any atom is -0.489 e. The Balaban J connectivity index is 1.60. The zero-order valence-electron chi connectivity index (χ0n) is 15.1. The fourth-order valence-corrected chi connectivity index (χ4v) is 3.57. The maximum Gasteiger partial charge on any atom is 0.493 e. The van der Waals surface area contributed by atoms with Gasteiger partial charge in [-0.05, 0) is 47.7 Å². The molecular formula is C18H13BClF3N2O4S. The molecule has 0 fully saturated rings. The molecule has 0 aliphatic carbocycles. The molecule has 30 heavy (non-hydrogen) atoms. The highest BCUT2D eigenvalue weighted by Gasteiger charge is 2.32. The molecule has 1 aliphatic heterocycles. The number of hydrogen-bond acceptors (Lipinski definition) is 6. The van der Waals surface area contributed by atoms with Crippen molar-refractivity contribution < 1.29 is 32.4 Å². The van der Waals surface area contributed by atoms with Gasteiger partial charge in [0, 0.05) is 15.9 Å². The molecule has 156 valence electrons. The van der Waals surface area contributed by atoms with Crippen molar-refractivity contribution in [3.63, 3.8) is 0 Å². The molecule has 2 aromatic rings. The minimum absolute atomic E-state index is 0.0587. The van der Waals surface area contributed by atoms with E-state index in [1.807, 2.05) is 6.07 Å². The van der Waals surface area contributed by atoms with Gasteiger partial charge in [-0.1, -0.05) is 17.7 Å². The number of benzene rings is 2. The fourth-order valence-electron chi connectivity index (χ4n) is 2.70. The van der Waals surface area contributed by atoms with Crippen LogP contribution in [0.4, 0.5) is 13.2 Å². The lowest BCUT2D eigenvalue weighted by molar-refractivity contribution is -0.0328. The van der Waals surface area contributed by atoms with Gasteiger partial charge >= 0.3 is 12.6 Å². The second kappa shape index (κ2) is 9.18. The van der Waals surface area contributed by atoms with Crippen LogP contribution in [0.5, 0.6) is 5.75 Å². The van der Waals surface area contributed by atoms with Gasteiger partial charge in [0.05, 0.1) is 17.7 Å².